The van der Waals surface area contributed by atoms with E-state index >= 15 is 0 Å². The van der Waals surface area contributed by atoms with Crippen LogP contribution in [-0.4, -0.2) is 7.11 Å². The number of nitrogens with two attached hydrogens (primary N) is 1. The molecule has 1 aliphatic rings. The number of benzene rings is 1. The number of hydrogen-bond acceptors (Lipinski definition) is 2. The highest BCUT2D eigenvalue weighted by Gasteiger charge is 2.41. The monoisotopic (exact) mass is 247 g/mol. The molecule has 1 aromatic rings. The SMILES string of the molecule is COc1c(Cl)cc(F)c(F)c1C1(N)CCC1. The van der Waals surface area contributed by atoms with Crippen molar-refractivity contribution in [3.05, 3.63) is 28.3 Å². The fourth-order valence-electron chi connectivity index (χ4n) is 2.03. The van der Waals surface area contributed by atoms with Crippen molar-refractivity contribution in [3.63, 3.8) is 0 Å². The van der Waals surface area contributed by atoms with Gasteiger partial charge in [0.05, 0.1) is 17.7 Å². The molecule has 0 unspecified atom stereocenters. The van der Waals surface area contributed by atoms with E-state index in [-0.39, 0.29) is 16.3 Å². The maximum atomic E-state index is 13.8. The maximum absolute atomic E-state index is 13.8. The molecule has 1 aromatic carbocycles. The third-order valence-electron chi connectivity index (χ3n) is 3.07. The van der Waals surface area contributed by atoms with Gasteiger partial charge in [-0.25, -0.2) is 8.78 Å². The Morgan fingerprint density at radius 2 is 2.06 bits per heavy atom. The van der Waals surface area contributed by atoms with Crippen LogP contribution in [0, 0.1) is 11.6 Å². The van der Waals surface area contributed by atoms with Crippen molar-refractivity contribution >= 4 is 11.6 Å². The van der Waals surface area contributed by atoms with Crippen LogP contribution in [0.25, 0.3) is 0 Å². The molecule has 0 radical (unpaired) electrons. The van der Waals surface area contributed by atoms with Gasteiger partial charge in [0.25, 0.3) is 0 Å². The zero-order chi connectivity index (χ0) is 11.9. The minimum absolute atomic E-state index is 0.0492. The van der Waals surface area contributed by atoms with Crippen LogP contribution in [0.1, 0.15) is 24.8 Å². The van der Waals surface area contributed by atoms with Gasteiger partial charge in [-0.1, -0.05) is 11.6 Å². The second-order valence-electron chi connectivity index (χ2n) is 4.07. The Morgan fingerprint density at radius 1 is 1.44 bits per heavy atom. The van der Waals surface area contributed by atoms with Crippen LogP contribution in [0.5, 0.6) is 5.75 Å². The van der Waals surface area contributed by atoms with Crippen LogP contribution in [0.15, 0.2) is 6.07 Å². The molecule has 5 heteroatoms. The molecule has 1 fully saturated rings. The summed E-state index contributed by atoms with van der Waals surface area (Å²) in [5, 5.41) is 0.0492. The Kier molecular flexibility index (Phi) is 2.80. The van der Waals surface area contributed by atoms with Crippen molar-refractivity contribution in [2.24, 2.45) is 5.73 Å². The molecule has 0 aliphatic heterocycles. The van der Waals surface area contributed by atoms with Crippen LogP contribution in [0.2, 0.25) is 5.02 Å². The molecule has 0 atom stereocenters. The zero-order valence-corrected chi connectivity index (χ0v) is 9.57. The van der Waals surface area contributed by atoms with Crippen molar-refractivity contribution in [1.29, 1.82) is 0 Å². The van der Waals surface area contributed by atoms with Gasteiger partial charge >= 0.3 is 0 Å². The normalized spacial score (nSPS) is 18.1. The van der Waals surface area contributed by atoms with Crippen LogP contribution in [0.3, 0.4) is 0 Å². The Hall–Kier alpha value is -0.870. The third-order valence-corrected chi connectivity index (χ3v) is 3.36. The van der Waals surface area contributed by atoms with E-state index in [0.717, 1.165) is 12.5 Å². The van der Waals surface area contributed by atoms with Gasteiger partial charge in [-0.05, 0) is 25.3 Å². The Balaban J connectivity index is 2.65. The number of methoxy groups -OCH3 is 1. The Bertz CT molecular complexity index is 432. The van der Waals surface area contributed by atoms with Gasteiger partial charge < -0.3 is 10.5 Å². The standard InChI is InChI=1S/C11H12ClF2NO/c1-16-10-6(12)5-7(13)9(14)8(10)11(15)3-2-4-11/h5H,2-4,15H2,1H3. The molecule has 88 valence electrons. The van der Waals surface area contributed by atoms with E-state index in [2.05, 4.69) is 0 Å². The highest BCUT2D eigenvalue weighted by Crippen LogP contribution is 2.46. The summed E-state index contributed by atoms with van der Waals surface area (Å²) in [5.41, 5.74) is 5.21. The Morgan fingerprint density at radius 3 is 2.50 bits per heavy atom. The van der Waals surface area contributed by atoms with Crippen molar-refractivity contribution in [2.75, 3.05) is 7.11 Å². The van der Waals surface area contributed by atoms with E-state index in [1.54, 1.807) is 0 Å². The van der Waals surface area contributed by atoms with E-state index < -0.39 is 17.2 Å². The van der Waals surface area contributed by atoms with Gasteiger partial charge in [0.2, 0.25) is 0 Å². The molecule has 16 heavy (non-hydrogen) atoms. The summed E-state index contributed by atoms with van der Waals surface area (Å²) in [6.45, 7) is 0. The molecule has 0 heterocycles. The lowest BCUT2D eigenvalue weighted by atomic mass is 9.72. The van der Waals surface area contributed by atoms with Crippen LogP contribution >= 0.6 is 11.6 Å². The molecular weight excluding hydrogens is 236 g/mol. The molecule has 0 bridgehead atoms. The lowest BCUT2D eigenvalue weighted by molar-refractivity contribution is 0.232. The Labute approximate surface area is 97.3 Å². The summed E-state index contributed by atoms with van der Waals surface area (Å²) in [6, 6.07) is 0.904. The highest BCUT2D eigenvalue weighted by molar-refractivity contribution is 6.32. The molecule has 2 rings (SSSR count). The summed E-state index contributed by atoms with van der Waals surface area (Å²) in [5.74, 6) is -1.80. The topological polar surface area (TPSA) is 35.2 Å². The zero-order valence-electron chi connectivity index (χ0n) is 8.82. The first kappa shape index (κ1) is 11.6. The molecule has 0 saturated heterocycles. The number of hydrogen-bond donors (Lipinski definition) is 1. The molecule has 2 nitrogen and oxygen atoms in total. The van der Waals surface area contributed by atoms with Crippen molar-refractivity contribution < 1.29 is 13.5 Å². The summed E-state index contributed by atoms with van der Waals surface area (Å²) in [6.07, 6.45) is 2.12. The second-order valence-corrected chi connectivity index (χ2v) is 4.48. The summed E-state index contributed by atoms with van der Waals surface area (Å²) in [4.78, 5) is 0. The predicted molar refractivity (Wildman–Crippen MR) is 57.6 cm³/mol. The van der Waals surface area contributed by atoms with E-state index in [1.165, 1.54) is 7.11 Å². The number of halogens is 3. The average Bonchev–Trinajstić information content (AvgIpc) is 2.19. The summed E-state index contributed by atoms with van der Waals surface area (Å²) in [7, 11) is 1.37. The summed E-state index contributed by atoms with van der Waals surface area (Å²) < 4.78 is 32.0. The number of rotatable bonds is 2. The predicted octanol–water partition coefficient (Wildman–Crippen LogP) is 2.96. The quantitative estimate of drug-likeness (QED) is 0.816. The lowest BCUT2D eigenvalue weighted by Gasteiger charge is -2.39. The smallest absolute Gasteiger partial charge is 0.167 e. The first-order chi connectivity index (χ1) is 7.49. The maximum Gasteiger partial charge on any atom is 0.167 e. The van der Waals surface area contributed by atoms with Gasteiger partial charge in [-0.2, -0.15) is 0 Å². The minimum atomic E-state index is -0.988. The van der Waals surface area contributed by atoms with Crippen molar-refractivity contribution in [2.45, 2.75) is 24.8 Å². The first-order valence-electron chi connectivity index (χ1n) is 5.00. The molecule has 0 aromatic heterocycles. The summed E-state index contributed by atoms with van der Waals surface area (Å²) >= 11 is 5.81. The van der Waals surface area contributed by atoms with Crippen LogP contribution < -0.4 is 10.5 Å². The molecule has 0 spiro atoms. The number of ether oxygens (including phenoxy) is 1. The van der Waals surface area contributed by atoms with Gasteiger partial charge in [0.1, 0.15) is 5.75 Å². The van der Waals surface area contributed by atoms with E-state index in [9.17, 15) is 8.78 Å². The molecule has 2 N–H and O–H groups in total. The van der Waals surface area contributed by atoms with Crippen LogP contribution in [-0.2, 0) is 5.54 Å². The van der Waals surface area contributed by atoms with Crippen LogP contribution in [0.4, 0.5) is 8.78 Å². The molecule has 0 amide bonds. The van der Waals surface area contributed by atoms with Crippen molar-refractivity contribution in [1.82, 2.24) is 0 Å². The third kappa shape index (κ3) is 1.57. The minimum Gasteiger partial charge on any atom is -0.495 e. The van der Waals surface area contributed by atoms with Gasteiger partial charge in [0, 0.05) is 5.54 Å². The largest absolute Gasteiger partial charge is 0.495 e. The van der Waals surface area contributed by atoms with E-state index in [1.807, 2.05) is 0 Å². The average molecular weight is 248 g/mol. The van der Waals surface area contributed by atoms with Gasteiger partial charge in [0.15, 0.2) is 11.6 Å². The van der Waals surface area contributed by atoms with Crippen molar-refractivity contribution in [3.8, 4) is 5.75 Å². The van der Waals surface area contributed by atoms with Gasteiger partial charge in [-0.15, -0.1) is 0 Å². The molecule has 1 saturated carbocycles. The highest BCUT2D eigenvalue weighted by atomic mass is 35.5. The lowest BCUT2D eigenvalue weighted by Crippen LogP contribution is -2.44. The van der Waals surface area contributed by atoms with E-state index in [0.29, 0.717) is 12.8 Å². The fourth-order valence-corrected chi connectivity index (χ4v) is 2.30. The molecule has 1 aliphatic carbocycles. The second kappa shape index (κ2) is 3.86. The first-order valence-corrected chi connectivity index (χ1v) is 5.38. The fraction of sp³-hybridized carbons (Fsp3) is 0.455. The molecular formula is C11H12ClF2NO. The van der Waals surface area contributed by atoms with Gasteiger partial charge in [-0.3, -0.25) is 0 Å². The van der Waals surface area contributed by atoms with E-state index in [4.69, 9.17) is 22.1 Å².